The lowest BCUT2D eigenvalue weighted by atomic mass is 9.94. The third kappa shape index (κ3) is 5.34. The highest BCUT2D eigenvalue weighted by Crippen LogP contribution is 2.44. The normalized spacial score (nSPS) is 16.7. The number of carbonyl (C=O) groups is 3. The van der Waals surface area contributed by atoms with Crippen LogP contribution in [0.3, 0.4) is 0 Å². The van der Waals surface area contributed by atoms with Crippen molar-refractivity contribution in [3.63, 3.8) is 0 Å². The van der Waals surface area contributed by atoms with Gasteiger partial charge in [0.15, 0.2) is 0 Å². The highest BCUT2D eigenvalue weighted by molar-refractivity contribution is 5.84. The Balaban J connectivity index is 1.43. The van der Waals surface area contributed by atoms with Gasteiger partial charge in [-0.2, -0.15) is 0 Å². The third-order valence-electron chi connectivity index (χ3n) is 7.50. The van der Waals surface area contributed by atoms with Gasteiger partial charge in [0.2, 0.25) is 5.91 Å². The topological polar surface area (TPSA) is 95.9 Å². The monoisotopic (exact) mass is 478 g/mol. The summed E-state index contributed by atoms with van der Waals surface area (Å²) in [5.74, 6) is -1.16. The van der Waals surface area contributed by atoms with Gasteiger partial charge in [0, 0.05) is 24.9 Å². The first-order valence-electron chi connectivity index (χ1n) is 12.5. The predicted octanol–water partition coefficient (Wildman–Crippen LogP) is 4.80. The second-order valence-corrected chi connectivity index (χ2v) is 9.52. The number of hydrogen-bond acceptors (Lipinski definition) is 4. The standard InChI is InChI=1S/C28H34N2O5/c1-3-30(18(2)27(32)33)26(31)16-25(19-10-4-5-11-19)29-28(34)35-17-24-22-14-8-6-12-20(22)21-13-7-9-15-23(21)24/h6-9,12-15,18-19,24-25H,3-5,10-11,16-17H2,1-2H3,(H,29,34)(H,32,33). The van der Waals surface area contributed by atoms with Crippen LogP contribution in [0.5, 0.6) is 0 Å². The second kappa shape index (κ2) is 10.9. The summed E-state index contributed by atoms with van der Waals surface area (Å²) in [5, 5.41) is 12.3. The van der Waals surface area contributed by atoms with Gasteiger partial charge < -0.3 is 20.1 Å². The zero-order valence-corrected chi connectivity index (χ0v) is 20.4. The second-order valence-electron chi connectivity index (χ2n) is 9.52. The number of likely N-dealkylation sites (N-methyl/N-ethyl adjacent to an activating group) is 1. The van der Waals surface area contributed by atoms with E-state index in [4.69, 9.17) is 4.74 Å². The molecule has 0 aromatic heterocycles. The molecule has 2 aromatic carbocycles. The molecule has 2 unspecified atom stereocenters. The van der Waals surface area contributed by atoms with Gasteiger partial charge in [-0.25, -0.2) is 9.59 Å². The fourth-order valence-electron chi connectivity index (χ4n) is 5.59. The quantitative estimate of drug-likeness (QED) is 0.540. The zero-order valence-electron chi connectivity index (χ0n) is 20.4. The number of carbonyl (C=O) groups excluding carboxylic acids is 2. The molecule has 2 amide bonds. The average molecular weight is 479 g/mol. The Hall–Kier alpha value is -3.35. The Labute approximate surface area is 206 Å². The molecule has 0 spiro atoms. The molecule has 0 saturated heterocycles. The van der Waals surface area contributed by atoms with Crippen molar-refractivity contribution in [3.05, 3.63) is 59.7 Å². The molecule has 2 atom stereocenters. The fourth-order valence-corrected chi connectivity index (χ4v) is 5.59. The molecule has 0 aliphatic heterocycles. The largest absolute Gasteiger partial charge is 0.480 e. The summed E-state index contributed by atoms with van der Waals surface area (Å²) < 4.78 is 5.71. The van der Waals surface area contributed by atoms with E-state index >= 15 is 0 Å². The summed E-state index contributed by atoms with van der Waals surface area (Å²) in [5.41, 5.74) is 4.62. The molecule has 7 nitrogen and oxygen atoms in total. The van der Waals surface area contributed by atoms with Crippen molar-refractivity contribution in [1.82, 2.24) is 10.2 Å². The Morgan fingerprint density at radius 3 is 2.14 bits per heavy atom. The molecule has 186 valence electrons. The lowest BCUT2D eigenvalue weighted by molar-refractivity contribution is -0.149. The molecule has 2 N–H and O–H groups in total. The molecule has 4 rings (SSSR count). The number of nitrogens with one attached hydrogen (secondary N) is 1. The van der Waals surface area contributed by atoms with Crippen LogP contribution in [0.15, 0.2) is 48.5 Å². The van der Waals surface area contributed by atoms with Gasteiger partial charge in [-0.3, -0.25) is 4.79 Å². The zero-order chi connectivity index (χ0) is 24.9. The van der Waals surface area contributed by atoms with Crippen LogP contribution in [0.4, 0.5) is 4.79 Å². The molecular weight excluding hydrogens is 444 g/mol. The van der Waals surface area contributed by atoms with Gasteiger partial charge in [-0.15, -0.1) is 0 Å². The number of nitrogens with zero attached hydrogens (tertiary/aromatic N) is 1. The Bertz CT molecular complexity index is 1030. The van der Waals surface area contributed by atoms with Gasteiger partial charge in [0.1, 0.15) is 12.6 Å². The van der Waals surface area contributed by atoms with Gasteiger partial charge in [-0.1, -0.05) is 61.4 Å². The molecule has 2 aromatic rings. The molecular formula is C28H34N2O5. The highest BCUT2D eigenvalue weighted by Gasteiger charge is 2.33. The van der Waals surface area contributed by atoms with Crippen molar-refractivity contribution in [1.29, 1.82) is 0 Å². The van der Waals surface area contributed by atoms with Gasteiger partial charge >= 0.3 is 12.1 Å². The average Bonchev–Trinajstić information content (AvgIpc) is 3.50. The maximum atomic E-state index is 13.0. The molecule has 35 heavy (non-hydrogen) atoms. The first-order valence-corrected chi connectivity index (χ1v) is 12.5. The van der Waals surface area contributed by atoms with Crippen molar-refractivity contribution < 1.29 is 24.2 Å². The van der Waals surface area contributed by atoms with Crippen LogP contribution in [0, 0.1) is 5.92 Å². The van der Waals surface area contributed by atoms with E-state index in [9.17, 15) is 19.5 Å². The number of rotatable bonds is 9. The summed E-state index contributed by atoms with van der Waals surface area (Å²) in [6.45, 7) is 3.78. The molecule has 7 heteroatoms. The van der Waals surface area contributed by atoms with Crippen molar-refractivity contribution in [2.45, 2.75) is 64.0 Å². The lowest BCUT2D eigenvalue weighted by Crippen LogP contribution is -2.48. The molecule has 2 aliphatic carbocycles. The molecule has 2 aliphatic rings. The summed E-state index contributed by atoms with van der Waals surface area (Å²) in [7, 11) is 0. The summed E-state index contributed by atoms with van der Waals surface area (Å²) in [4.78, 5) is 38.7. The minimum Gasteiger partial charge on any atom is -0.480 e. The summed E-state index contributed by atoms with van der Waals surface area (Å²) >= 11 is 0. The smallest absolute Gasteiger partial charge is 0.407 e. The highest BCUT2D eigenvalue weighted by atomic mass is 16.5. The van der Waals surface area contributed by atoms with Gasteiger partial charge in [-0.05, 0) is 54.9 Å². The van der Waals surface area contributed by atoms with Crippen LogP contribution in [0.1, 0.15) is 63.0 Å². The van der Waals surface area contributed by atoms with E-state index in [0.29, 0.717) is 6.54 Å². The van der Waals surface area contributed by atoms with E-state index in [1.807, 2.05) is 24.3 Å². The van der Waals surface area contributed by atoms with Crippen molar-refractivity contribution in [2.24, 2.45) is 5.92 Å². The number of aliphatic carboxylic acids is 1. The SMILES string of the molecule is CCN(C(=O)CC(NC(=O)OCC1c2ccccc2-c2ccccc21)C1CCCC1)C(C)C(=O)O. The van der Waals surface area contributed by atoms with E-state index in [0.717, 1.165) is 36.8 Å². The van der Waals surface area contributed by atoms with Gasteiger partial charge in [0.25, 0.3) is 0 Å². The predicted molar refractivity (Wildman–Crippen MR) is 133 cm³/mol. The Morgan fingerprint density at radius 1 is 1.03 bits per heavy atom. The maximum absolute atomic E-state index is 13.0. The lowest BCUT2D eigenvalue weighted by Gasteiger charge is -2.29. The molecule has 0 heterocycles. The van der Waals surface area contributed by atoms with Crippen LogP contribution in [-0.2, 0) is 14.3 Å². The van der Waals surface area contributed by atoms with Crippen molar-refractivity contribution in [2.75, 3.05) is 13.2 Å². The minimum absolute atomic E-state index is 0.0355. The summed E-state index contributed by atoms with van der Waals surface area (Å²) in [6, 6.07) is 15.1. The van der Waals surface area contributed by atoms with E-state index in [1.54, 1.807) is 6.92 Å². The number of fused-ring (bicyclic) bond motifs is 3. The van der Waals surface area contributed by atoms with Crippen LogP contribution < -0.4 is 5.32 Å². The number of ether oxygens (including phenoxy) is 1. The number of hydrogen-bond donors (Lipinski definition) is 2. The maximum Gasteiger partial charge on any atom is 0.407 e. The van der Waals surface area contributed by atoms with E-state index in [2.05, 4.69) is 29.6 Å². The number of carboxylic acid groups (broad SMARTS) is 1. The van der Waals surface area contributed by atoms with Crippen LogP contribution in [-0.4, -0.2) is 53.2 Å². The van der Waals surface area contributed by atoms with Gasteiger partial charge in [0.05, 0.1) is 0 Å². The number of carboxylic acids is 1. The van der Waals surface area contributed by atoms with Crippen LogP contribution >= 0.6 is 0 Å². The number of benzene rings is 2. The first-order chi connectivity index (χ1) is 16.9. The van der Waals surface area contributed by atoms with Crippen LogP contribution in [0.2, 0.25) is 0 Å². The van der Waals surface area contributed by atoms with Crippen LogP contribution in [0.25, 0.3) is 11.1 Å². The van der Waals surface area contributed by atoms with E-state index in [1.165, 1.54) is 23.0 Å². The first kappa shape index (κ1) is 24.8. The Morgan fingerprint density at radius 2 is 1.60 bits per heavy atom. The fraction of sp³-hybridized carbons (Fsp3) is 0.464. The summed E-state index contributed by atoms with van der Waals surface area (Å²) in [6.07, 6.45) is 3.52. The molecule has 1 fully saturated rings. The minimum atomic E-state index is -1.04. The van der Waals surface area contributed by atoms with E-state index < -0.39 is 18.1 Å². The molecule has 0 radical (unpaired) electrons. The molecule has 0 bridgehead atoms. The Kier molecular flexibility index (Phi) is 7.73. The number of amides is 2. The third-order valence-corrected chi connectivity index (χ3v) is 7.50. The molecule has 1 saturated carbocycles. The van der Waals surface area contributed by atoms with E-state index in [-0.39, 0.29) is 36.8 Å². The number of alkyl carbamates (subject to hydrolysis) is 1. The van der Waals surface area contributed by atoms with Crippen molar-refractivity contribution >= 4 is 18.0 Å². The van der Waals surface area contributed by atoms with Crippen molar-refractivity contribution in [3.8, 4) is 11.1 Å².